The molecule has 0 saturated heterocycles. The lowest BCUT2D eigenvalue weighted by Gasteiger charge is -2.05. The number of aliphatic hydroxyl groups excluding tert-OH is 1. The fraction of sp³-hybridized carbons (Fsp3) is 0.250. The van der Waals surface area contributed by atoms with E-state index in [9.17, 15) is 0 Å². The maximum atomic E-state index is 8.90. The molecular weight excluding hydrogens is 319 g/mol. The molecule has 0 aliphatic carbocycles. The van der Waals surface area contributed by atoms with Gasteiger partial charge in [0.1, 0.15) is 0 Å². The minimum atomic E-state index is 0.0941. The molecule has 11 heavy (non-hydrogen) atoms. The molecule has 1 nitrogen and oxygen atoms in total. The van der Waals surface area contributed by atoms with Crippen LogP contribution in [0.25, 0.3) is 0 Å². The van der Waals surface area contributed by atoms with Crippen molar-refractivity contribution in [1.29, 1.82) is 0 Å². The molecule has 1 aromatic carbocycles. The Morgan fingerprint density at radius 3 is 2.73 bits per heavy atom. The Morgan fingerprint density at radius 1 is 1.55 bits per heavy atom. The molecule has 0 heterocycles. The van der Waals surface area contributed by atoms with Gasteiger partial charge in [0.25, 0.3) is 0 Å². The van der Waals surface area contributed by atoms with Gasteiger partial charge in [-0.1, -0.05) is 12.1 Å². The molecule has 1 rings (SSSR count). The Hall–Kier alpha value is 0.390. The first-order valence-corrected chi connectivity index (χ1v) is 5.08. The molecule has 3 heteroatoms. The predicted molar refractivity (Wildman–Crippen MR) is 57.5 cm³/mol. The summed E-state index contributed by atoms with van der Waals surface area (Å²) in [4.78, 5) is 0. The Kier molecular flexibility index (Phi) is 3.33. The van der Waals surface area contributed by atoms with Gasteiger partial charge in [-0.2, -0.15) is 0 Å². The summed E-state index contributed by atoms with van der Waals surface area (Å²) >= 11 is 5.68. The van der Waals surface area contributed by atoms with Crippen LogP contribution in [0.1, 0.15) is 11.1 Å². The average Bonchev–Trinajstić information content (AvgIpc) is 2.01. The van der Waals surface area contributed by atoms with Crippen molar-refractivity contribution in [2.45, 2.75) is 13.5 Å². The zero-order valence-corrected chi connectivity index (χ0v) is 9.81. The lowest BCUT2D eigenvalue weighted by Crippen LogP contribution is -1.90. The SMILES string of the molecule is Cc1ccc(CO)c(Br)c1I. The van der Waals surface area contributed by atoms with E-state index in [2.05, 4.69) is 38.5 Å². The van der Waals surface area contributed by atoms with Crippen LogP contribution in [0.3, 0.4) is 0 Å². The Balaban J connectivity index is 3.25. The maximum absolute atomic E-state index is 8.90. The van der Waals surface area contributed by atoms with Gasteiger partial charge in [0.05, 0.1) is 6.61 Å². The van der Waals surface area contributed by atoms with E-state index in [0.717, 1.165) is 10.0 Å². The van der Waals surface area contributed by atoms with E-state index in [1.807, 2.05) is 19.1 Å². The second-order valence-electron chi connectivity index (χ2n) is 2.33. The van der Waals surface area contributed by atoms with Gasteiger partial charge in [-0.3, -0.25) is 0 Å². The lowest BCUT2D eigenvalue weighted by molar-refractivity contribution is 0.281. The van der Waals surface area contributed by atoms with Gasteiger partial charge in [-0.05, 0) is 56.6 Å². The van der Waals surface area contributed by atoms with Gasteiger partial charge in [-0.25, -0.2) is 0 Å². The zero-order valence-electron chi connectivity index (χ0n) is 6.06. The van der Waals surface area contributed by atoms with E-state index in [4.69, 9.17) is 5.11 Å². The maximum Gasteiger partial charge on any atom is 0.0693 e. The third-order valence-electron chi connectivity index (χ3n) is 1.53. The van der Waals surface area contributed by atoms with Crippen molar-refractivity contribution in [3.8, 4) is 0 Å². The van der Waals surface area contributed by atoms with Crippen molar-refractivity contribution >= 4 is 38.5 Å². The first-order valence-electron chi connectivity index (χ1n) is 3.21. The van der Waals surface area contributed by atoms with Gasteiger partial charge < -0.3 is 5.11 Å². The molecule has 0 atom stereocenters. The van der Waals surface area contributed by atoms with Crippen molar-refractivity contribution < 1.29 is 5.11 Å². The Morgan fingerprint density at radius 2 is 2.18 bits per heavy atom. The number of hydrogen-bond donors (Lipinski definition) is 1. The smallest absolute Gasteiger partial charge is 0.0693 e. The fourth-order valence-corrected chi connectivity index (χ4v) is 1.90. The lowest BCUT2D eigenvalue weighted by atomic mass is 10.2. The molecule has 60 valence electrons. The second-order valence-corrected chi connectivity index (χ2v) is 4.20. The zero-order chi connectivity index (χ0) is 8.43. The number of hydrogen-bond acceptors (Lipinski definition) is 1. The first-order chi connectivity index (χ1) is 5.16. The molecule has 0 radical (unpaired) electrons. The summed E-state index contributed by atoms with van der Waals surface area (Å²) in [5.41, 5.74) is 2.18. The van der Waals surface area contributed by atoms with Crippen LogP contribution in [0.4, 0.5) is 0 Å². The summed E-state index contributed by atoms with van der Waals surface area (Å²) in [5, 5.41) is 8.90. The third kappa shape index (κ3) is 1.95. The van der Waals surface area contributed by atoms with Gasteiger partial charge in [0, 0.05) is 8.04 Å². The summed E-state index contributed by atoms with van der Waals surface area (Å²) < 4.78 is 2.19. The number of benzene rings is 1. The van der Waals surface area contributed by atoms with E-state index in [-0.39, 0.29) is 6.61 Å². The van der Waals surface area contributed by atoms with Crippen LogP contribution in [-0.4, -0.2) is 5.11 Å². The highest BCUT2D eigenvalue weighted by Crippen LogP contribution is 2.26. The van der Waals surface area contributed by atoms with Crippen molar-refractivity contribution in [2.24, 2.45) is 0 Å². The molecule has 0 spiro atoms. The Labute approximate surface area is 88.1 Å². The topological polar surface area (TPSA) is 20.2 Å². The fourth-order valence-electron chi connectivity index (χ4n) is 0.808. The number of rotatable bonds is 1. The molecule has 0 bridgehead atoms. The minimum absolute atomic E-state index is 0.0941. The molecular formula is C8H8BrIO. The van der Waals surface area contributed by atoms with Crippen molar-refractivity contribution in [3.63, 3.8) is 0 Å². The van der Waals surface area contributed by atoms with Crippen LogP contribution >= 0.6 is 38.5 Å². The van der Waals surface area contributed by atoms with Gasteiger partial charge in [0.2, 0.25) is 0 Å². The summed E-state index contributed by atoms with van der Waals surface area (Å²) in [6.45, 7) is 2.14. The first kappa shape index (κ1) is 9.48. The summed E-state index contributed by atoms with van der Waals surface area (Å²) in [5.74, 6) is 0. The van der Waals surface area contributed by atoms with Gasteiger partial charge in [-0.15, -0.1) is 0 Å². The monoisotopic (exact) mass is 326 g/mol. The largest absolute Gasteiger partial charge is 0.392 e. The van der Waals surface area contributed by atoms with Crippen LogP contribution < -0.4 is 0 Å². The van der Waals surface area contributed by atoms with Crippen molar-refractivity contribution in [1.82, 2.24) is 0 Å². The molecule has 0 aliphatic heterocycles. The normalized spacial score (nSPS) is 10.2. The molecule has 0 unspecified atom stereocenters. The van der Waals surface area contributed by atoms with Crippen LogP contribution in [0.5, 0.6) is 0 Å². The van der Waals surface area contributed by atoms with Gasteiger partial charge in [0.15, 0.2) is 0 Å². The number of aliphatic hydroxyl groups is 1. The van der Waals surface area contributed by atoms with E-state index < -0.39 is 0 Å². The van der Waals surface area contributed by atoms with Crippen LogP contribution in [0.15, 0.2) is 16.6 Å². The molecule has 0 aliphatic rings. The summed E-state index contributed by atoms with van der Waals surface area (Å²) in [7, 11) is 0. The predicted octanol–water partition coefficient (Wildman–Crippen LogP) is 2.85. The summed E-state index contributed by atoms with van der Waals surface area (Å²) in [6, 6.07) is 3.94. The highest BCUT2D eigenvalue weighted by molar-refractivity contribution is 14.1. The average molecular weight is 327 g/mol. The number of halogens is 2. The van der Waals surface area contributed by atoms with Crippen molar-refractivity contribution in [2.75, 3.05) is 0 Å². The quantitative estimate of drug-likeness (QED) is 0.787. The molecule has 0 aromatic heterocycles. The van der Waals surface area contributed by atoms with Crippen LogP contribution in [-0.2, 0) is 6.61 Å². The highest BCUT2D eigenvalue weighted by atomic mass is 127. The second kappa shape index (κ2) is 3.87. The molecule has 0 saturated carbocycles. The standard InChI is InChI=1S/C8H8BrIO/c1-5-2-3-6(4-11)7(9)8(5)10/h2-3,11H,4H2,1H3. The van der Waals surface area contributed by atoms with Crippen LogP contribution in [0.2, 0.25) is 0 Å². The molecule has 1 aromatic rings. The van der Waals surface area contributed by atoms with E-state index in [1.165, 1.54) is 9.13 Å². The third-order valence-corrected chi connectivity index (χ3v) is 4.56. The van der Waals surface area contributed by atoms with E-state index in [0.29, 0.717) is 0 Å². The molecule has 1 N–H and O–H groups in total. The summed E-state index contributed by atoms with van der Waals surface area (Å²) in [6.07, 6.45) is 0. The molecule has 0 amide bonds. The van der Waals surface area contributed by atoms with Gasteiger partial charge >= 0.3 is 0 Å². The Bertz CT molecular complexity index is 273. The highest BCUT2D eigenvalue weighted by Gasteiger charge is 2.04. The van der Waals surface area contributed by atoms with E-state index in [1.54, 1.807) is 0 Å². The van der Waals surface area contributed by atoms with Crippen LogP contribution in [0, 0.1) is 10.5 Å². The number of aryl methyl sites for hydroxylation is 1. The van der Waals surface area contributed by atoms with E-state index >= 15 is 0 Å². The van der Waals surface area contributed by atoms with Crippen molar-refractivity contribution in [3.05, 3.63) is 31.3 Å². The molecule has 0 fully saturated rings. The minimum Gasteiger partial charge on any atom is -0.392 e.